The van der Waals surface area contributed by atoms with Crippen LogP contribution in [0.4, 0.5) is 0 Å². The van der Waals surface area contributed by atoms with E-state index in [4.69, 9.17) is 0 Å². The van der Waals surface area contributed by atoms with Gasteiger partial charge >= 0.3 is 0 Å². The fourth-order valence-electron chi connectivity index (χ4n) is 1.93. The molecule has 6 heteroatoms. The molecule has 0 aliphatic rings. The summed E-state index contributed by atoms with van der Waals surface area (Å²) in [6.07, 6.45) is 1.74. The first-order valence-corrected chi connectivity index (χ1v) is 7.74. The van der Waals surface area contributed by atoms with Crippen LogP contribution in [0.25, 0.3) is 5.65 Å². The summed E-state index contributed by atoms with van der Waals surface area (Å²) >= 11 is 0. The van der Waals surface area contributed by atoms with Crippen molar-refractivity contribution >= 4 is 15.7 Å². The third-order valence-corrected chi connectivity index (χ3v) is 4.32. The summed E-state index contributed by atoms with van der Waals surface area (Å²) < 4.78 is 28.9. The molecule has 0 spiro atoms. The Bertz CT molecular complexity index is 702. The van der Waals surface area contributed by atoms with Crippen LogP contribution in [-0.2, 0) is 10.0 Å². The zero-order chi connectivity index (χ0) is 14.2. The quantitative estimate of drug-likeness (QED) is 0.930. The number of hydrogen-bond donors (Lipinski definition) is 1. The summed E-state index contributed by atoms with van der Waals surface area (Å²) in [5.41, 5.74) is 2.26. The number of hydrogen-bond acceptors (Lipinski definition) is 3. The Balaban J connectivity index is 2.51. The molecule has 2 aromatic heterocycles. The van der Waals surface area contributed by atoms with Crippen molar-refractivity contribution in [3.8, 4) is 0 Å². The van der Waals surface area contributed by atoms with E-state index < -0.39 is 10.0 Å². The van der Waals surface area contributed by atoms with Gasteiger partial charge in [0.1, 0.15) is 4.90 Å². The van der Waals surface area contributed by atoms with E-state index >= 15 is 0 Å². The maximum Gasteiger partial charge on any atom is 0.244 e. The van der Waals surface area contributed by atoms with Gasteiger partial charge in [0.15, 0.2) is 5.65 Å². The van der Waals surface area contributed by atoms with E-state index in [0.29, 0.717) is 12.2 Å². The van der Waals surface area contributed by atoms with E-state index in [1.165, 1.54) is 0 Å². The molecule has 0 saturated heterocycles. The van der Waals surface area contributed by atoms with E-state index in [1.807, 2.05) is 33.8 Å². The molecule has 0 atom stereocenters. The number of fused-ring (bicyclic) bond motifs is 1. The fourth-order valence-corrected chi connectivity index (χ4v) is 3.27. The molecule has 19 heavy (non-hydrogen) atoms. The van der Waals surface area contributed by atoms with Gasteiger partial charge in [-0.1, -0.05) is 13.8 Å². The highest BCUT2D eigenvalue weighted by Gasteiger charge is 2.20. The van der Waals surface area contributed by atoms with E-state index in [1.54, 1.807) is 16.7 Å². The lowest BCUT2D eigenvalue weighted by Crippen LogP contribution is -2.27. The van der Waals surface area contributed by atoms with E-state index in [9.17, 15) is 8.42 Å². The van der Waals surface area contributed by atoms with Gasteiger partial charge in [-0.2, -0.15) is 0 Å². The largest absolute Gasteiger partial charge is 0.305 e. The van der Waals surface area contributed by atoms with Crippen LogP contribution < -0.4 is 4.72 Å². The Kier molecular flexibility index (Phi) is 3.64. The number of sulfonamides is 1. The number of aryl methyl sites for hydroxylation is 2. The lowest BCUT2D eigenvalue weighted by atomic mass is 10.2. The van der Waals surface area contributed by atoms with Crippen molar-refractivity contribution in [2.45, 2.75) is 32.6 Å². The molecular weight excluding hydrogens is 262 g/mol. The van der Waals surface area contributed by atoms with Gasteiger partial charge in [0.25, 0.3) is 0 Å². The minimum atomic E-state index is -3.51. The van der Waals surface area contributed by atoms with Gasteiger partial charge in [-0.15, -0.1) is 0 Å². The molecular formula is C13H19N3O2S. The molecule has 1 N–H and O–H groups in total. The maximum atomic E-state index is 12.3. The lowest BCUT2D eigenvalue weighted by Gasteiger charge is -2.08. The zero-order valence-electron chi connectivity index (χ0n) is 11.6. The van der Waals surface area contributed by atoms with E-state index in [2.05, 4.69) is 9.71 Å². The van der Waals surface area contributed by atoms with Crippen molar-refractivity contribution < 1.29 is 8.42 Å². The molecule has 2 heterocycles. The van der Waals surface area contributed by atoms with E-state index in [0.717, 1.165) is 11.4 Å². The third kappa shape index (κ3) is 2.79. The van der Waals surface area contributed by atoms with Crippen molar-refractivity contribution in [3.63, 3.8) is 0 Å². The molecule has 0 bridgehead atoms. The molecule has 0 saturated carbocycles. The molecule has 0 fully saturated rings. The monoisotopic (exact) mass is 281 g/mol. The van der Waals surface area contributed by atoms with Crippen LogP contribution in [-0.4, -0.2) is 24.3 Å². The summed E-state index contributed by atoms with van der Waals surface area (Å²) in [6.45, 7) is 8.14. The molecule has 2 aromatic rings. The summed E-state index contributed by atoms with van der Waals surface area (Å²) in [5.74, 6) is 0.264. The lowest BCUT2D eigenvalue weighted by molar-refractivity contribution is 0.561. The first kappa shape index (κ1) is 14.0. The van der Waals surface area contributed by atoms with Gasteiger partial charge in [-0.05, 0) is 31.9 Å². The number of aromatic nitrogens is 2. The van der Waals surface area contributed by atoms with Crippen LogP contribution in [0.5, 0.6) is 0 Å². The second kappa shape index (κ2) is 4.94. The zero-order valence-corrected chi connectivity index (χ0v) is 12.5. The summed E-state index contributed by atoms with van der Waals surface area (Å²) in [4.78, 5) is 4.57. The highest BCUT2D eigenvalue weighted by atomic mass is 32.2. The Morgan fingerprint density at radius 2 is 2.05 bits per heavy atom. The smallest absolute Gasteiger partial charge is 0.244 e. The average molecular weight is 281 g/mol. The van der Waals surface area contributed by atoms with Crippen LogP contribution >= 0.6 is 0 Å². The number of rotatable bonds is 4. The summed E-state index contributed by atoms with van der Waals surface area (Å²) in [6, 6.07) is 3.52. The maximum absolute atomic E-state index is 12.3. The Morgan fingerprint density at radius 1 is 1.37 bits per heavy atom. The standard InChI is InChI=1S/C13H19N3O2S/c1-9(2)8-14-19(17,18)12-5-6-16-11(4)7-10(3)15-13(12)16/h5-7,9,14H,8H2,1-4H3. The molecule has 2 rings (SSSR count). The minimum Gasteiger partial charge on any atom is -0.305 e. The van der Waals surface area contributed by atoms with E-state index in [-0.39, 0.29) is 10.8 Å². The topological polar surface area (TPSA) is 63.5 Å². The van der Waals surface area contributed by atoms with Gasteiger partial charge in [-0.25, -0.2) is 18.1 Å². The van der Waals surface area contributed by atoms with Crippen LogP contribution in [0.2, 0.25) is 0 Å². The number of nitrogens with one attached hydrogen (secondary N) is 1. The summed E-state index contributed by atoms with van der Waals surface area (Å²) in [7, 11) is -3.51. The first-order valence-electron chi connectivity index (χ1n) is 6.26. The molecule has 0 unspecified atom stereocenters. The van der Waals surface area contributed by atoms with Crippen molar-refractivity contribution in [2.75, 3.05) is 6.54 Å². The Morgan fingerprint density at radius 3 is 2.68 bits per heavy atom. The van der Waals surface area contributed by atoms with Gasteiger partial charge in [0.2, 0.25) is 10.0 Å². The van der Waals surface area contributed by atoms with Gasteiger partial charge < -0.3 is 4.40 Å². The van der Waals surface area contributed by atoms with Crippen LogP contribution in [0.15, 0.2) is 23.2 Å². The fraction of sp³-hybridized carbons (Fsp3) is 0.462. The van der Waals surface area contributed by atoms with Crippen molar-refractivity contribution in [1.29, 1.82) is 0 Å². The van der Waals surface area contributed by atoms with Crippen LogP contribution in [0, 0.1) is 19.8 Å². The molecule has 0 amide bonds. The average Bonchev–Trinajstić information content (AvgIpc) is 2.71. The van der Waals surface area contributed by atoms with Crippen molar-refractivity contribution in [1.82, 2.24) is 14.1 Å². The number of nitrogens with zero attached hydrogens (tertiary/aromatic N) is 2. The van der Waals surface area contributed by atoms with Gasteiger partial charge in [0.05, 0.1) is 0 Å². The van der Waals surface area contributed by atoms with Gasteiger partial charge in [0, 0.05) is 24.1 Å². The SMILES string of the molecule is Cc1cc(C)n2ccc(S(=O)(=O)NCC(C)C)c2n1. The minimum absolute atomic E-state index is 0.236. The van der Waals surface area contributed by atoms with Crippen LogP contribution in [0.1, 0.15) is 25.2 Å². The Labute approximate surface area is 113 Å². The van der Waals surface area contributed by atoms with Gasteiger partial charge in [-0.3, -0.25) is 0 Å². The summed E-state index contributed by atoms with van der Waals surface area (Å²) in [5, 5.41) is 0. The normalized spacial score (nSPS) is 12.5. The predicted octanol–water partition coefficient (Wildman–Crippen LogP) is 1.89. The second-order valence-corrected chi connectivity index (χ2v) is 6.89. The molecule has 5 nitrogen and oxygen atoms in total. The highest BCUT2D eigenvalue weighted by Crippen LogP contribution is 2.18. The first-order chi connectivity index (χ1) is 8.81. The predicted molar refractivity (Wildman–Crippen MR) is 74.7 cm³/mol. The third-order valence-electron chi connectivity index (χ3n) is 2.87. The van der Waals surface area contributed by atoms with Crippen molar-refractivity contribution in [2.24, 2.45) is 5.92 Å². The molecule has 0 radical (unpaired) electrons. The molecule has 0 aliphatic heterocycles. The second-order valence-electron chi connectivity index (χ2n) is 5.16. The van der Waals surface area contributed by atoms with Crippen molar-refractivity contribution in [3.05, 3.63) is 29.7 Å². The highest BCUT2D eigenvalue weighted by molar-refractivity contribution is 7.89. The molecule has 104 valence electrons. The Hall–Kier alpha value is -1.40. The molecule has 0 aliphatic carbocycles. The van der Waals surface area contributed by atoms with Crippen LogP contribution in [0.3, 0.4) is 0 Å². The molecule has 0 aromatic carbocycles.